The average molecular weight is 293 g/mol. The zero-order chi connectivity index (χ0) is 14.5. The first-order valence-electron chi connectivity index (χ1n) is 5.86. The molecule has 1 aromatic heterocycles. The number of furan rings is 1. The van der Waals surface area contributed by atoms with Crippen LogP contribution in [0.5, 0.6) is 0 Å². The topological polar surface area (TPSA) is 82.4 Å². The summed E-state index contributed by atoms with van der Waals surface area (Å²) in [6, 6.07) is 8.89. The van der Waals surface area contributed by atoms with E-state index in [-0.39, 0.29) is 17.0 Å². The molecule has 0 aliphatic heterocycles. The van der Waals surface area contributed by atoms with Crippen LogP contribution in [0.3, 0.4) is 0 Å². The van der Waals surface area contributed by atoms with Gasteiger partial charge in [0.05, 0.1) is 22.9 Å². The number of hydrogen-bond donors (Lipinski definition) is 1. The number of benzene rings is 1. The highest BCUT2D eigenvalue weighted by Crippen LogP contribution is 2.20. The average Bonchev–Trinajstić information content (AvgIpc) is 2.91. The molecule has 0 radical (unpaired) electrons. The smallest absolute Gasteiger partial charge is 0.253 e. The fraction of sp³-hybridized carbons (Fsp3) is 0.143. The number of carbonyl (C=O) groups excluding carboxylic acids is 2. The van der Waals surface area contributed by atoms with Crippen LogP contribution >= 0.6 is 11.6 Å². The standard InChI is InChI=1S/C14H12ClNO4/c15-10-5-2-1-4-9(10)14(19)16-11(8-13(17)18)12-6-3-7-20-12/h1-7,11H,8H2,(H,16,19)(H,17,18)/p-1/t11-/m1/s1. The Morgan fingerprint density at radius 2 is 2.00 bits per heavy atom. The summed E-state index contributed by atoms with van der Waals surface area (Å²) in [7, 11) is 0. The van der Waals surface area contributed by atoms with Gasteiger partial charge in [0.1, 0.15) is 5.76 Å². The summed E-state index contributed by atoms with van der Waals surface area (Å²) in [4.78, 5) is 22.9. The first kappa shape index (κ1) is 14.1. The molecule has 0 saturated carbocycles. The lowest BCUT2D eigenvalue weighted by Gasteiger charge is -2.17. The molecule has 1 heterocycles. The molecule has 1 atom stereocenters. The molecular weight excluding hydrogens is 282 g/mol. The molecule has 1 amide bonds. The molecule has 0 spiro atoms. The number of aliphatic carboxylic acids is 1. The predicted molar refractivity (Wildman–Crippen MR) is 70.0 cm³/mol. The van der Waals surface area contributed by atoms with Gasteiger partial charge in [0.25, 0.3) is 5.91 Å². The van der Waals surface area contributed by atoms with E-state index in [1.54, 1.807) is 36.4 Å². The van der Waals surface area contributed by atoms with Crippen LogP contribution in [-0.2, 0) is 4.79 Å². The SMILES string of the molecule is O=C([O-])C[C@@H](NC(=O)c1ccccc1Cl)c1ccco1. The minimum atomic E-state index is -1.29. The molecule has 6 heteroatoms. The molecule has 2 rings (SSSR count). The summed E-state index contributed by atoms with van der Waals surface area (Å²) in [6.07, 6.45) is 1.02. The quantitative estimate of drug-likeness (QED) is 0.906. The van der Waals surface area contributed by atoms with E-state index < -0.39 is 17.9 Å². The molecule has 20 heavy (non-hydrogen) atoms. The largest absolute Gasteiger partial charge is 0.550 e. The highest BCUT2D eigenvalue weighted by molar-refractivity contribution is 6.33. The highest BCUT2D eigenvalue weighted by atomic mass is 35.5. The zero-order valence-corrected chi connectivity index (χ0v) is 11.1. The number of carboxylic acids is 1. The fourth-order valence-corrected chi connectivity index (χ4v) is 1.98. The molecule has 5 nitrogen and oxygen atoms in total. The third kappa shape index (κ3) is 3.39. The molecule has 1 N–H and O–H groups in total. The van der Waals surface area contributed by atoms with Crippen molar-refractivity contribution in [2.75, 3.05) is 0 Å². The number of carboxylic acid groups (broad SMARTS) is 1. The van der Waals surface area contributed by atoms with E-state index in [1.165, 1.54) is 6.26 Å². The van der Waals surface area contributed by atoms with E-state index in [9.17, 15) is 14.7 Å². The molecule has 0 aliphatic carbocycles. The Bertz CT molecular complexity index is 609. The third-order valence-electron chi connectivity index (χ3n) is 2.68. The van der Waals surface area contributed by atoms with Gasteiger partial charge >= 0.3 is 0 Å². The Morgan fingerprint density at radius 3 is 2.60 bits per heavy atom. The zero-order valence-electron chi connectivity index (χ0n) is 10.3. The second-order valence-corrected chi connectivity index (χ2v) is 4.50. The van der Waals surface area contributed by atoms with Gasteiger partial charge in [-0.15, -0.1) is 0 Å². The number of rotatable bonds is 5. The molecule has 2 aromatic rings. The minimum Gasteiger partial charge on any atom is -0.550 e. The van der Waals surface area contributed by atoms with Crippen molar-refractivity contribution in [1.29, 1.82) is 0 Å². The van der Waals surface area contributed by atoms with Gasteiger partial charge in [-0.1, -0.05) is 23.7 Å². The highest BCUT2D eigenvalue weighted by Gasteiger charge is 2.19. The van der Waals surface area contributed by atoms with Crippen LogP contribution < -0.4 is 10.4 Å². The Balaban J connectivity index is 2.18. The summed E-state index contributed by atoms with van der Waals surface area (Å²) in [5.74, 6) is -1.42. The maximum Gasteiger partial charge on any atom is 0.253 e. The van der Waals surface area contributed by atoms with Crippen molar-refractivity contribution >= 4 is 23.5 Å². The van der Waals surface area contributed by atoms with Gasteiger partial charge < -0.3 is 19.6 Å². The van der Waals surface area contributed by atoms with Crippen LogP contribution in [0.2, 0.25) is 5.02 Å². The molecular formula is C14H11ClNO4-. The fourth-order valence-electron chi connectivity index (χ4n) is 1.76. The lowest BCUT2D eigenvalue weighted by molar-refractivity contribution is -0.306. The van der Waals surface area contributed by atoms with Crippen LogP contribution in [0.25, 0.3) is 0 Å². The number of nitrogens with one attached hydrogen (secondary N) is 1. The maximum absolute atomic E-state index is 12.1. The molecule has 0 aliphatic rings. The van der Waals surface area contributed by atoms with Gasteiger partial charge in [0.2, 0.25) is 0 Å². The van der Waals surface area contributed by atoms with Crippen LogP contribution in [0, 0.1) is 0 Å². The van der Waals surface area contributed by atoms with Crippen molar-refractivity contribution in [2.45, 2.75) is 12.5 Å². The van der Waals surface area contributed by atoms with Crippen LogP contribution in [-0.4, -0.2) is 11.9 Å². The van der Waals surface area contributed by atoms with Gasteiger partial charge in [0.15, 0.2) is 0 Å². The summed E-state index contributed by atoms with van der Waals surface area (Å²) >= 11 is 5.92. The van der Waals surface area contributed by atoms with Gasteiger partial charge in [-0.3, -0.25) is 4.79 Å². The summed E-state index contributed by atoms with van der Waals surface area (Å²) in [6.45, 7) is 0. The van der Waals surface area contributed by atoms with E-state index in [0.29, 0.717) is 5.76 Å². The first-order valence-corrected chi connectivity index (χ1v) is 6.24. The van der Waals surface area contributed by atoms with Crippen molar-refractivity contribution in [3.05, 3.63) is 59.0 Å². The first-order chi connectivity index (χ1) is 9.58. The van der Waals surface area contributed by atoms with Gasteiger partial charge in [-0.05, 0) is 24.3 Å². The molecule has 0 unspecified atom stereocenters. The van der Waals surface area contributed by atoms with Crippen molar-refractivity contribution in [2.24, 2.45) is 0 Å². The van der Waals surface area contributed by atoms with Gasteiger partial charge in [-0.2, -0.15) is 0 Å². The van der Waals surface area contributed by atoms with Gasteiger partial charge in [0, 0.05) is 12.4 Å². The van der Waals surface area contributed by atoms with Crippen LogP contribution in [0.4, 0.5) is 0 Å². The summed E-state index contributed by atoms with van der Waals surface area (Å²) in [5, 5.41) is 13.6. The monoisotopic (exact) mass is 292 g/mol. The van der Waals surface area contributed by atoms with E-state index in [0.717, 1.165) is 0 Å². The molecule has 1 aromatic carbocycles. The molecule has 104 valence electrons. The Hall–Kier alpha value is -2.27. The summed E-state index contributed by atoms with van der Waals surface area (Å²) < 4.78 is 5.12. The van der Waals surface area contributed by atoms with E-state index in [1.807, 2.05) is 0 Å². The number of carbonyl (C=O) groups is 2. The van der Waals surface area contributed by atoms with Crippen LogP contribution in [0.15, 0.2) is 47.1 Å². The normalized spacial score (nSPS) is 11.8. The van der Waals surface area contributed by atoms with E-state index in [2.05, 4.69) is 5.32 Å². The second-order valence-electron chi connectivity index (χ2n) is 4.10. The molecule has 0 fully saturated rings. The minimum absolute atomic E-state index is 0.268. The molecule has 0 saturated heterocycles. The van der Waals surface area contributed by atoms with Crippen molar-refractivity contribution in [3.63, 3.8) is 0 Å². The number of halogens is 1. The van der Waals surface area contributed by atoms with Crippen molar-refractivity contribution < 1.29 is 19.1 Å². The van der Waals surface area contributed by atoms with E-state index in [4.69, 9.17) is 16.0 Å². The Kier molecular flexibility index (Phi) is 4.42. The Morgan fingerprint density at radius 1 is 1.25 bits per heavy atom. The second kappa shape index (κ2) is 6.25. The number of amides is 1. The van der Waals surface area contributed by atoms with Crippen molar-refractivity contribution in [1.82, 2.24) is 5.32 Å². The van der Waals surface area contributed by atoms with E-state index >= 15 is 0 Å². The lowest BCUT2D eigenvalue weighted by Crippen LogP contribution is -2.34. The van der Waals surface area contributed by atoms with Gasteiger partial charge in [-0.25, -0.2) is 0 Å². The molecule has 0 bridgehead atoms. The third-order valence-corrected chi connectivity index (χ3v) is 3.01. The maximum atomic E-state index is 12.1. The summed E-state index contributed by atoms with van der Waals surface area (Å²) in [5.41, 5.74) is 0.268. The predicted octanol–water partition coefficient (Wildman–Crippen LogP) is 1.54. The lowest BCUT2D eigenvalue weighted by atomic mass is 10.1. The van der Waals surface area contributed by atoms with Crippen LogP contribution in [0.1, 0.15) is 28.6 Å². The van der Waals surface area contributed by atoms with Crippen molar-refractivity contribution in [3.8, 4) is 0 Å². The Labute approximate surface area is 120 Å². The number of hydrogen-bond acceptors (Lipinski definition) is 4.